The quantitative estimate of drug-likeness (QED) is 0.152. The number of carbonyl (C=O) groups is 3. The largest absolute Gasteiger partial charge is 0.475 e. The first-order chi connectivity index (χ1) is 15.8. The molecule has 3 atom stereocenters. The zero-order valence-corrected chi connectivity index (χ0v) is 21.9. The lowest BCUT2D eigenvalue weighted by molar-refractivity contribution is -0.121. The minimum absolute atomic E-state index is 0.00440. The standard InChI is InChI=1S/C21H40N3O9P/c1-8-11-30-34(28,31-13-10-22-20(27)33-21(5,6)7)32-15-19(24-18(4)26)14-29-12-9-16(2)23-17(3)25/h8,16,19H,1,9-15H2,2-7H3,(H,22,27)(H,23,25)(H,24,26)/t16-,19-,34?/m1/s1. The lowest BCUT2D eigenvalue weighted by atomic mass is 10.2. The molecule has 0 aromatic carbocycles. The second kappa shape index (κ2) is 16.6. The minimum atomic E-state index is -4.02. The average molecular weight is 510 g/mol. The molecule has 0 fully saturated rings. The lowest BCUT2D eigenvalue weighted by Gasteiger charge is -2.23. The summed E-state index contributed by atoms with van der Waals surface area (Å²) in [5.74, 6) is -0.457. The highest BCUT2D eigenvalue weighted by Gasteiger charge is 2.28. The van der Waals surface area contributed by atoms with E-state index in [-0.39, 0.29) is 50.8 Å². The van der Waals surface area contributed by atoms with Crippen molar-refractivity contribution < 1.29 is 42.0 Å². The third-order valence-electron chi connectivity index (χ3n) is 3.68. The molecule has 0 radical (unpaired) electrons. The third kappa shape index (κ3) is 18.4. The molecule has 12 nitrogen and oxygen atoms in total. The van der Waals surface area contributed by atoms with E-state index in [1.54, 1.807) is 20.8 Å². The molecule has 0 saturated heterocycles. The molecule has 13 heteroatoms. The Hall–Kier alpha value is -1.98. The van der Waals surface area contributed by atoms with Crippen LogP contribution in [0.5, 0.6) is 0 Å². The van der Waals surface area contributed by atoms with Crippen LogP contribution in [0.25, 0.3) is 0 Å². The Morgan fingerprint density at radius 3 is 2.21 bits per heavy atom. The second-order valence-corrected chi connectivity index (χ2v) is 10.1. The molecule has 0 aliphatic heterocycles. The highest BCUT2D eigenvalue weighted by atomic mass is 31.2. The normalized spacial score (nSPS) is 14.9. The smallest absolute Gasteiger partial charge is 0.444 e. The van der Waals surface area contributed by atoms with Crippen LogP contribution in [0, 0.1) is 0 Å². The van der Waals surface area contributed by atoms with E-state index in [1.165, 1.54) is 19.9 Å². The molecule has 0 aliphatic carbocycles. The van der Waals surface area contributed by atoms with Crippen molar-refractivity contribution in [2.45, 2.75) is 65.6 Å². The molecule has 0 aliphatic rings. The van der Waals surface area contributed by atoms with Crippen LogP contribution < -0.4 is 16.0 Å². The van der Waals surface area contributed by atoms with E-state index >= 15 is 0 Å². The van der Waals surface area contributed by atoms with Crippen molar-refractivity contribution in [3.63, 3.8) is 0 Å². The summed E-state index contributed by atoms with van der Waals surface area (Å²) in [6.07, 6.45) is 1.31. The van der Waals surface area contributed by atoms with Crippen LogP contribution in [-0.2, 0) is 37.2 Å². The number of phosphoric acid groups is 1. The number of nitrogens with one attached hydrogen (secondary N) is 3. The molecule has 0 saturated carbocycles. The summed E-state index contributed by atoms with van der Waals surface area (Å²) in [5.41, 5.74) is -0.654. The van der Waals surface area contributed by atoms with Gasteiger partial charge in [0.25, 0.3) is 0 Å². The molecule has 0 spiro atoms. The number of amides is 3. The maximum Gasteiger partial charge on any atom is 0.475 e. The zero-order chi connectivity index (χ0) is 26.2. The Morgan fingerprint density at radius 2 is 1.65 bits per heavy atom. The summed E-state index contributed by atoms with van der Waals surface area (Å²) in [6, 6.07) is -0.694. The van der Waals surface area contributed by atoms with Gasteiger partial charge in [-0.3, -0.25) is 23.2 Å². The number of carbonyl (C=O) groups excluding carboxylic acids is 3. The predicted octanol–water partition coefficient (Wildman–Crippen LogP) is 2.29. The van der Waals surface area contributed by atoms with Crippen LogP contribution in [0.3, 0.4) is 0 Å². The van der Waals surface area contributed by atoms with Gasteiger partial charge in [0.05, 0.1) is 32.5 Å². The molecule has 34 heavy (non-hydrogen) atoms. The summed E-state index contributed by atoms with van der Waals surface area (Å²) < 4.78 is 39.4. The van der Waals surface area contributed by atoms with Gasteiger partial charge in [0.15, 0.2) is 0 Å². The maximum absolute atomic E-state index is 12.9. The Balaban J connectivity index is 4.70. The van der Waals surface area contributed by atoms with Gasteiger partial charge in [0, 0.05) is 33.0 Å². The van der Waals surface area contributed by atoms with Crippen LogP contribution in [0.4, 0.5) is 4.79 Å². The van der Waals surface area contributed by atoms with E-state index in [0.29, 0.717) is 13.0 Å². The van der Waals surface area contributed by atoms with Gasteiger partial charge >= 0.3 is 13.9 Å². The van der Waals surface area contributed by atoms with Crippen LogP contribution >= 0.6 is 7.82 Å². The molecule has 198 valence electrons. The fourth-order valence-electron chi connectivity index (χ4n) is 2.39. The van der Waals surface area contributed by atoms with Crippen molar-refractivity contribution in [1.82, 2.24) is 16.0 Å². The van der Waals surface area contributed by atoms with Crippen LogP contribution in [0.15, 0.2) is 12.7 Å². The van der Waals surface area contributed by atoms with E-state index in [9.17, 15) is 18.9 Å². The molecular weight excluding hydrogens is 469 g/mol. The van der Waals surface area contributed by atoms with E-state index in [2.05, 4.69) is 22.5 Å². The van der Waals surface area contributed by atoms with Crippen molar-refractivity contribution in [3.05, 3.63) is 12.7 Å². The van der Waals surface area contributed by atoms with Crippen molar-refractivity contribution in [2.75, 3.05) is 39.6 Å². The molecule has 0 heterocycles. The van der Waals surface area contributed by atoms with Gasteiger partial charge in [-0.2, -0.15) is 0 Å². The van der Waals surface area contributed by atoms with Crippen molar-refractivity contribution >= 4 is 25.7 Å². The Kier molecular flexibility index (Phi) is 15.6. The molecule has 0 rings (SSSR count). The van der Waals surface area contributed by atoms with Crippen LogP contribution in [-0.4, -0.2) is 75.2 Å². The number of hydrogen-bond donors (Lipinski definition) is 3. The summed E-state index contributed by atoms with van der Waals surface area (Å²) in [4.78, 5) is 34.3. The Labute approximate surface area is 202 Å². The zero-order valence-electron chi connectivity index (χ0n) is 21.0. The van der Waals surface area contributed by atoms with Crippen molar-refractivity contribution in [2.24, 2.45) is 0 Å². The first-order valence-electron chi connectivity index (χ1n) is 11.0. The second-order valence-electron chi connectivity index (χ2n) is 8.45. The summed E-state index contributed by atoms with van der Waals surface area (Å²) >= 11 is 0. The average Bonchev–Trinajstić information content (AvgIpc) is 2.69. The van der Waals surface area contributed by atoms with E-state index in [1.807, 2.05) is 6.92 Å². The molecule has 1 unspecified atom stereocenters. The first kappa shape index (κ1) is 32.0. The Morgan fingerprint density at radius 1 is 1.00 bits per heavy atom. The molecule has 3 N–H and O–H groups in total. The fraction of sp³-hybridized carbons (Fsp3) is 0.762. The molecule has 0 aromatic heterocycles. The highest BCUT2D eigenvalue weighted by Crippen LogP contribution is 2.49. The summed E-state index contributed by atoms with van der Waals surface area (Å²) in [6.45, 7) is 13.2. The van der Waals surface area contributed by atoms with Gasteiger partial charge in [0.2, 0.25) is 11.8 Å². The van der Waals surface area contributed by atoms with Crippen LogP contribution in [0.1, 0.15) is 48.0 Å². The van der Waals surface area contributed by atoms with Crippen molar-refractivity contribution in [3.8, 4) is 0 Å². The van der Waals surface area contributed by atoms with E-state index < -0.39 is 25.6 Å². The summed E-state index contributed by atoms with van der Waals surface area (Å²) in [7, 11) is -4.02. The number of ether oxygens (including phenoxy) is 2. The molecule has 0 aromatic rings. The lowest BCUT2D eigenvalue weighted by Crippen LogP contribution is -2.40. The van der Waals surface area contributed by atoms with Gasteiger partial charge < -0.3 is 25.4 Å². The molecule has 0 bridgehead atoms. The van der Waals surface area contributed by atoms with Gasteiger partial charge in [0.1, 0.15) is 5.60 Å². The van der Waals surface area contributed by atoms with E-state index in [0.717, 1.165) is 0 Å². The van der Waals surface area contributed by atoms with Gasteiger partial charge in [-0.25, -0.2) is 9.36 Å². The predicted molar refractivity (Wildman–Crippen MR) is 126 cm³/mol. The SMILES string of the molecule is C=CCOP(=O)(OCCNC(=O)OC(C)(C)C)OC[C@@H](COCC[C@@H](C)NC(C)=O)NC(C)=O. The topological polar surface area (TPSA) is 151 Å². The molecule has 3 amide bonds. The molecular formula is C21H40N3O9P. The first-order valence-corrected chi connectivity index (χ1v) is 12.5. The number of alkyl carbamates (subject to hydrolysis) is 1. The van der Waals surface area contributed by atoms with E-state index in [4.69, 9.17) is 23.0 Å². The van der Waals surface area contributed by atoms with Gasteiger partial charge in [-0.15, -0.1) is 6.58 Å². The van der Waals surface area contributed by atoms with Gasteiger partial charge in [-0.1, -0.05) is 6.08 Å². The van der Waals surface area contributed by atoms with Crippen molar-refractivity contribution in [1.29, 1.82) is 0 Å². The number of hydrogen-bond acceptors (Lipinski definition) is 9. The Bertz CT molecular complexity index is 697. The van der Waals surface area contributed by atoms with Crippen LogP contribution in [0.2, 0.25) is 0 Å². The fourth-order valence-corrected chi connectivity index (χ4v) is 3.57. The third-order valence-corrected chi connectivity index (χ3v) is 5.10. The highest BCUT2D eigenvalue weighted by molar-refractivity contribution is 7.48. The monoisotopic (exact) mass is 509 g/mol. The number of rotatable bonds is 17. The summed E-state index contributed by atoms with van der Waals surface area (Å²) in [5, 5.41) is 7.86. The minimum Gasteiger partial charge on any atom is -0.444 e. The van der Waals surface area contributed by atoms with Gasteiger partial charge in [-0.05, 0) is 34.1 Å². The maximum atomic E-state index is 12.9. The number of phosphoric ester groups is 1.